The van der Waals surface area contributed by atoms with Crippen molar-refractivity contribution in [1.82, 2.24) is 9.88 Å². The van der Waals surface area contributed by atoms with Crippen molar-refractivity contribution in [1.29, 1.82) is 0 Å². The van der Waals surface area contributed by atoms with Crippen LogP contribution in [0.2, 0.25) is 0 Å². The molecule has 1 saturated heterocycles. The second-order valence-electron chi connectivity index (χ2n) is 11.2. The maximum atomic E-state index is 15.5. The summed E-state index contributed by atoms with van der Waals surface area (Å²) < 4.78 is 42.1. The van der Waals surface area contributed by atoms with Crippen molar-refractivity contribution < 1.29 is 28.2 Å². The van der Waals surface area contributed by atoms with Crippen LogP contribution in [-0.4, -0.2) is 40.2 Å². The van der Waals surface area contributed by atoms with Crippen LogP contribution in [0.4, 0.5) is 8.78 Å². The number of methoxy groups -OCH3 is 1. The molecule has 0 aliphatic carbocycles. The monoisotopic (exact) mass is 550 g/mol. The Morgan fingerprint density at radius 3 is 2.55 bits per heavy atom. The number of hydrogen-bond acceptors (Lipinski definition) is 5. The Labute approximate surface area is 234 Å². The van der Waals surface area contributed by atoms with Crippen LogP contribution in [0.25, 0.3) is 11.1 Å². The lowest BCUT2D eigenvalue weighted by atomic mass is 9.91. The van der Waals surface area contributed by atoms with Gasteiger partial charge < -0.3 is 14.6 Å². The SMILES string of the molecule is COc1cc(-c2ccc(C3CCc4ccc(CC(C)C(=O)O)c(F)c4O3)cc2CN2C(C)CC[C@H]2C)c(F)cn1. The highest BCUT2D eigenvalue weighted by Gasteiger charge is 2.30. The van der Waals surface area contributed by atoms with E-state index < -0.39 is 23.5 Å². The van der Waals surface area contributed by atoms with E-state index in [1.54, 1.807) is 19.1 Å². The number of nitrogens with zero attached hydrogens (tertiary/aromatic N) is 2. The lowest BCUT2D eigenvalue weighted by Crippen LogP contribution is -2.32. The van der Waals surface area contributed by atoms with Gasteiger partial charge in [0.05, 0.1) is 19.2 Å². The summed E-state index contributed by atoms with van der Waals surface area (Å²) in [7, 11) is 1.51. The number of carbonyl (C=O) groups is 1. The third-order valence-electron chi connectivity index (χ3n) is 8.46. The number of carboxylic acid groups (broad SMARTS) is 1. The van der Waals surface area contributed by atoms with Crippen LogP contribution in [0.1, 0.15) is 68.4 Å². The topological polar surface area (TPSA) is 71.9 Å². The highest BCUT2D eigenvalue weighted by Crippen LogP contribution is 2.40. The van der Waals surface area contributed by atoms with Crippen LogP contribution >= 0.6 is 0 Å². The number of rotatable bonds is 8. The Kier molecular flexibility index (Phi) is 8.08. The van der Waals surface area contributed by atoms with E-state index in [0.717, 1.165) is 35.1 Å². The van der Waals surface area contributed by atoms with E-state index in [1.165, 1.54) is 13.3 Å². The molecule has 2 aliphatic heterocycles. The number of aromatic nitrogens is 1. The molecule has 3 aromatic rings. The number of aryl methyl sites for hydroxylation is 1. The number of ether oxygens (including phenoxy) is 2. The van der Waals surface area contributed by atoms with E-state index >= 15 is 8.78 Å². The molecular weight excluding hydrogens is 514 g/mol. The number of halogens is 2. The smallest absolute Gasteiger partial charge is 0.306 e. The minimum Gasteiger partial charge on any atom is -0.482 e. The quantitative estimate of drug-likeness (QED) is 0.335. The van der Waals surface area contributed by atoms with E-state index in [-0.39, 0.29) is 18.3 Å². The zero-order valence-electron chi connectivity index (χ0n) is 23.4. The molecular formula is C32H36F2N2O4. The molecule has 3 heterocycles. The van der Waals surface area contributed by atoms with E-state index in [4.69, 9.17) is 9.47 Å². The van der Waals surface area contributed by atoms with Crippen molar-refractivity contribution >= 4 is 5.97 Å². The largest absolute Gasteiger partial charge is 0.482 e. The lowest BCUT2D eigenvalue weighted by Gasteiger charge is -2.30. The highest BCUT2D eigenvalue weighted by molar-refractivity contribution is 5.70. The second-order valence-corrected chi connectivity index (χ2v) is 11.2. The summed E-state index contributed by atoms with van der Waals surface area (Å²) in [4.78, 5) is 17.8. The summed E-state index contributed by atoms with van der Waals surface area (Å²) >= 11 is 0. The Balaban J connectivity index is 1.50. The summed E-state index contributed by atoms with van der Waals surface area (Å²) in [6.07, 6.45) is 4.42. The van der Waals surface area contributed by atoms with Gasteiger partial charge in [0.1, 0.15) is 11.9 Å². The molecule has 1 fully saturated rings. The first-order valence-corrected chi connectivity index (χ1v) is 13.9. The van der Waals surface area contributed by atoms with Gasteiger partial charge in [-0.05, 0) is 73.8 Å². The zero-order chi connectivity index (χ0) is 28.6. The maximum Gasteiger partial charge on any atom is 0.306 e. The van der Waals surface area contributed by atoms with Gasteiger partial charge in [0.15, 0.2) is 11.6 Å². The average molecular weight is 551 g/mol. The van der Waals surface area contributed by atoms with Crippen molar-refractivity contribution in [3.05, 3.63) is 76.5 Å². The standard InChI is InChI=1S/C32H36F2N2O4/c1-18(32(37)38)13-23-8-7-21-10-12-28(40-31(21)30(23)34)22-9-11-25(26-15-29(39-4)35-16-27(26)33)24(14-22)17-36-19(2)5-6-20(36)3/h7-9,11,14-16,18-20,28H,5-6,10,12-13,17H2,1-4H3,(H,37,38)/t18?,19-,20?,28?/m1/s1. The van der Waals surface area contributed by atoms with Gasteiger partial charge in [0.2, 0.25) is 5.88 Å². The predicted octanol–water partition coefficient (Wildman–Crippen LogP) is 6.74. The molecule has 4 atom stereocenters. The summed E-state index contributed by atoms with van der Waals surface area (Å²) in [5.74, 6) is -2.05. The molecule has 8 heteroatoms. The molecule has 3 unspecified atom stereocenters. The van der Waals surface area contributed by atoms with E-state index in [1.807, 2.05) is 18.2 Å². The van der Waals surface area contributed by atoms with E-state index in [9.17, 15) is 9.90 Å². The molecule has 6 nitrogen and oxygen atoms in total. The summed E-state index contributed by atoms with van der Waals surface area (Å²) in [6, 6.07) is 11.8. The van der Waals surface area contributed by atoms with Gasteiger partial charge in [0, 0.05) is 30.3 Å². The first kappa shape index (κ1) is 28.0. The number of fused-ring (bicyclic) bond motifs is 1. The van der Waals surface area contributed by atoms with Gasteiger partial charge >= 0.3 is 5.97 Å². The Morgan fingerprint density at radius 1 is 1.10 bits per heavy atom. The lowest BCUT2D eigenvalue weighted by molar-refractivity contribution is -0.141. The first-order valence-electron chi connectivity index (χ1n) is 13.9. The van der Waals surface area contributed by atoms with Gasteiger partial charge in [-0.2, -0.15) is 0 Å². The van der Waals surface area contributed by atoms with Crippen LogP contribution in [0.5, 0.6) is 11.6 Å². The first-order chi connectivity index (χ1) is 19.2. The molecule has 40 heavy (non-hydrogen) atoms. The molecule has 5 rings (SSSR count). The minimum absolute atomic E-state index is 0.0917. The summed E-state index contributed by atoms with van der Waals surface area (Å²) in [6.45, 7) is 6.65. The number of benzene rings is 2. The molecule has 1 N–H and O–H groups in total. The number of hydrogen-bond donors (Lipinski definition) is 1. The van der Waals surface area contributed by atoms with Gasteiger partial charge in [-0.25, -0.2) is 13.8 Å². The second kappa shape index (κ2) is 11.5. The van der Waals surface area contributed by atoms with Crippen LogP contribution < -0.4 is 9.47 Å². The molecule has 0 amide bonds. The average Bonchev–Trinajstić information content (AvgIpc) is 3.27. The van der Waals surface area contributed by atoms with Crippen molar-refractivity contribution in [2.75, 3.05) is 7.11 Å². The third kappa shape index (κ3) is 5.55. The van der Waals surface area contributed by atoms with Crippen molar-refractivity contribution in [2.45, 2.75) is 77.6 Å². The predicted molar refractivity (Wildman–Crippen MR) is 148 cm³/mol. The Bertz CT molecular complexity index is 1400. The number of pyridine rings is 1. The highest BCUT2D eigenvalue weighted by atomic mass is 19.1. The van der Waals surface area contributed by atoms with Crippen molar-refractivity contribution in [3.8, 4) is 22.8 Å². The van der Waals surface area contributed by atoms with Crippen molar-refractivity contribution in [2.24, 2.45) is 5.92 Å². The molecule has 2 aliphatic rings. The fraction of sp³-hybridized carbons (Fsp3) is 0.438. The van der Waals surface area contributed by atoms with Crippen LogP contribution in [0.15, 0.2) is 42.6 Å². The van der Waals surface area contributed by atoms with E-state index in [0.29, 0.717) is 48.5 Å². The van der Waals surface area contributed by atoms with Crippen LogP contribution in [-0.2, 0) is 24.2 Å². The molecule has 0 bridgehead atoms. The zero-order valence-corrected chi connectivity index (χ0v) is 23.4. The Hall–Kier alpha value is -3.52. The molecule has 0 radical (unpaired) electrons. The molecule has 212 valence electrons. The van der Waals surface area contributed by atoms with Crippen LogP contribution in [0.3, 0.4) is 0 Å². The molecule has 0 spiro atoms. The minimum atomic E-state index is -0.964. The van der Waals surface area contributed by atoms with Gasteiger partial charge in [-0.3, -0.25) is 9.69 Å². The van der Waals surface area contributed by atoms with Gasteiger partial charge in [-0.1, -0.05) is 37.3 Å². The normalized spacial score (nSPS) is 21.5. The Morgan fingerprint density at radius 2 is 1.85 bits per heavy atom. The maximum absolute atomic E-state index is 15.5. The van der Waals surface area contributed by atoms with Gasteiger partial charge in [0.25, 0.3) is 0 Å². The molecule has 0 saturated carbocycles. The van der Waals surface area contributed by atoms with Crippen molar-refractivity contribution in [3.63, 3.8) is 0 Å². The van der Waals surface area contributed by atoms with E-state index in [2.05, 4.69) is 29.8 Å². The number of aliphatic carboxylic acids is 1. The molecule has 1 aromatic heterocycles. The molecule has 2 aromatic carbocycles. The van der Waals surface area contributed by atoms with Gasteiger partial charge in [-0.15, -0.1) is 0 Å². The number of carboxylic acids is 1. The fourth-order valence-corrected chi connectivity index (χ4v) is 5.96. The van der Waals surface area contributed by atoms with Crippen LogP contribution in [0, 0.1) is 17.6 Å². The summed E-state index contributed by atoms with van der Waals surface area (Å²) in [5.41, 5.74) is 4.16. The summed E-state index contributed by atoms with van der Waals surface area (Å²) in [5, 5.41) is 9.28. The number of likely N-dealkylation sites (tertiary alicyclic amines) is 1. The third-order valence-corrected chi connectivity index (χ3v) is 8.46. The fourth-order valence-electron chi connectivity index (χ4n) is 5.96.